The lowest BCUT2D eigenvalue weighted by Crippen LogP contribution is -2.25. The predicted octanol–water partition coefficient (Wildman–Crippen LogP) is 2.48. The Morgan fingerprint density at radius 1 is 1.43 bits per heavy atom. The molecular formula is C15H18FNO3S. The first-order chi connectivity index (χ1) is 10.1. The van der Waals surface area contributed by atoms with Crippen molar-refractivity contribution < 1.29 is 19.0 Å². The Labute approximate surface area is 126 Å². The number of benzene rings is 1. The number of halogens is 1. The highest BCUT2D eigenvalue weighted by Crippen LogP contribution is 2.32. The summed E-state index contributed by atoms with van der Waals surface area (Å²) in [5.74, 6) is -0.479. The van der Waals surface area contributed by atoms with Crippen molar-refractivity contribution in [3.05, 3.63) is 34.5 Å². The van der Waals surface area contributed by atoms with Gasteiger partial charge in [0.1, 0.15) is 5.82 Å². The van der Waals surface area contributed by atoms with Gasteiger partial charge in [0.25, 0.3) is 5.91 Å². The fourth-order valence-electron chi connectivity index (χ4n) is 2.09. The van der Waals surface area contributed by atoms with E-state index in [0.29, 0.717) is 42.0 Å². The largest absolute Gasteiger partial charge is 0.394 e. The summed E-state index contributed by atoms with van der Waals surface area (Å²) in [5.41, 5.74) is 0.683. The maximum Gasteiger partial charge on any atom is 0.261 e. The van der Waals surface area contributed by atoms with Gasteiger partial charge in [-0.15, -0.1) is 11.3 Å². The highest BCUT2D eigenvalue weighted by Gasteiger charge is 2.17. The second-order valence-electron chi connectivity index (χ2n) is 4.61. The molecule has 0 fully saturated rings. The number of amides is 1. The van der Waals surface area contributed by atoms with E-state index in [1.54, 1.807) is 13.0 Å². The average Bonchev–Trinajstić information content (AvgIpc) is 2.81. The fourth-order valence-corrected chi connectivity index (χ4v) is 3.23. The van der Waals surface area contributed by atoms with Gasteiger partial charge in [-0.25, -0.2) is 4.39 Å². The maximum atomic E-state index is 13.8. The Hall–Kier alpha value is -1.50. The molecular weight excluding hydrogens is 293 g/mol. The van der Waals surface area contributed by atoms with Gasteiger partial charge in [-0.05, 0) is 31.0 Å². The summed E-state index contributed by atoms with van der Waals surface area (Å²) in [6.45, 7) is 3.05. The first kappa shape index (κ1) is 15.9. The molecule has 4 nitrogen and oxygen atoms in total. The summed E-state index contributed by atoms with van der Waals surface area (Å²) < 4.78 is 19.7. The van der Waals surface area contributed by atoms with Gasteiger partial charge in [-0.3, -0.25) is 4.79 Å². The van der Waals surface area contributed by atoms with Crippen molar-refractivity contribution >= 4 is 27.3 Å². The highest BCUT2D eigenvalue weighted by atomic mass is 32.1. The molecule has 2 N–H and O–H groups in total. The number of carbonyl (C=O) groups excluding carboxylic acids is 1. The van der Waals surface area contributed by atoms with Gasteiger partial charge in [0, 0.05) is 23.2 Å². The van der Waals surface area contributed by atoms with Crippen LogP contribution in [0.2, 0.25) is 0 Å². The second kappa shape index (κ2) is 7.49. The number of rotatable bonds is 7. The Bertz CT molecular complexity index is 627. The molecule has 1 aromatic heterocycles. The fraction of sp³-hybridized carbons (Fsp3) is 0.400. The van der Waals surface area contributed by atoms with Crippen LogP contribution in [0.3, 0.4) is 0 Å². The van der Waals surface area contributed by atoms with Crippen LogP contribution in [-0.2, 0) is 4.74 Å². The SMILES string of the molecule is Cc1c(C(=O)NCCCOCCO)sc2cccc(F)c12. The number of aryl methyl sites for hydroxylation is 1. The van der Waals surface area contributed by atoms with Gasteiger partial charge in [0.2, 0.25) is 0 Å². The van der Waals surface area contributed by atoms with E-state index in [-0.39, 0.29) is 18.3 Å². The van der Waals surface area contributed by atoms with Crippen LogP contribution < -0.4 is 5.32 Å². The van der Waals surface area contributed by atoms with E-state index in [4.69, 9.17) is 9.84 Å². The van der Waals surface area contributed by atoms with Gasteiger partial charge in [-0.2, -0.15) is 0 Å². The molecule has 1 aromatic carbocycles. The van der Waals surface area contributed by atoms with Crippen molar-refractivity contribution in [2.24, 2.45) is 0 Å². The van der Waals surface area contributed by atoms with Crippen LogP contribution in [0.15, 0.2) is 18.2 Å². The van der Waals surface area contributed by atoms with Gasteiger partial charge < -0.3 is 15.2 Å². The molecule has 0 atom stereocenters. The molecule has 0 saturated heterocycles. The molecule has 1 heterocycles. The summed E-state index contributed by atoms with van der Waals surface area (Å²) in [6, 6.07) is 4.87. The number of aliphatic hydroxyl groups excluding tert-OH is 1. The number of nitrogens with one attached hydrogen (secondary N) is 1. The lowest BCUT2D eigenvalue weighted by molar-refractivity contribution is 0.0869. The first-order valence-corrected chi connectivity index (χ1v) is 7.61. The van der Waals surface area contributed by atoms with Crippen LogP contribution in [-0.4, -0.2) is 37.4 Å². The van der Waals surface area contributed by atoms with E-state index < -0.39 is 0 Å². The van der Waals surface area contributed by atoms with Gasteiger partial charge in [-0.1, -0.05) is 6.07 Å². The molecule has 0 aliphatic rings. The third-order valence-electron chi connectivity index (χ3n) is 3.10. The normalized spacial score (nSPS) is 11.0. The van der Waals surface area contributed by atoms with Crippen molar-refractivity contribution in [3.8, 4) is 0 Å². The zero-order valence-corrected chi connectivity index (χ0v) is 12.6. The molecule has 0 spiro atoms. The number of fused-ring (bicyclic) bond motifs is 1. The predicted molar refractivity (Wildman–Crippen MR) is 81.4 cm³/mol. The number of aliphatic hydroxyl groups is 1. The van der Waals surface area contributed by atoms with Crippen LogP contribution in [0, 0.1) is 12.7 Å². The molecule has 1 amide bonds. The maximum absolute atomic E-state index is 13.8. The van der Waals surface area contributed by atoms with Crippen LogP contribution in [0.25, 0.3) is 10.1 Å². The minimum atomic E-state index is -0.294. The number of hydrogen-bond donors (Lipinski definition) is 2. The second-order valence-corrected chi connectivity index (χ2v) is 5.67. The number of ether oxygens (including phenoxy) is 1. The summed E-state index contributed by atoms with van der Waals surface area (Å²) in [5, 5.41) is 11.9. The van der Waals surface area contributed by atoms with E-state index >= 15 is 0 Å². The molecule has 0 aliphatic carbocycles. The summed E-state index contributed by atoms with van der Waals surface area (Å²) in [6.07, 6.45) is 0.671. The van der Waals surface area contributed by atoms with Gasteiger partial charge in [0.15, 0.2) is 0 Å². The Kier molecular flexibility index (Phi) is 5.67. The lowest BCUT2D eigenvalue weighted by atomic mass is 10.1. The van der Waals surface area contributed by atoms with E-state index in [0.717, 1.165) is 4.70 Å². The van der Waals surface area contributed by atoms with Gasteiger partial charge in [0.05, 0.1) is 18.1 Å². The highest BCUT2D eigenvalue weighted by molar-refractivity contribution is 7.21. The first-order valence-electron chi connectivity index (χ1n) is 6.79. The Morgan fingerprint density at radius 2 is 2.24 bits per heavy atom. The van der Waals surface area contributed by atoms with Crippen molar-refractivity contribution in [3.63, 3.8) is 0 Å². The quantitative estimate of drug-likeness (QED) is 0.772. The standard InChI is InChI=1S/C15H18FNO3S/c1-10-13-11(16)4-2-5-12(13)21-14(10)15(19)17-6-3-8-20-9-7-18/h2,4-5,18H,3,6-9H2,1H3,(H,17,19). The van der Waals surface area contributed by atoms with Crippen LogP contribution >= 0.6 is 11.3 Å². The molecule has 2 aromatic rings. The van der Waals surface area contributed by atoms with E-state index in [1.807, 2.05) is 6.07 Å². The van der Waals surface area contributed by atoms with Crippen molar-refractivity contribution in [1.29, 1.82) is 0 Å². The molecule has 6 heteroatoms. The smallest absolute Gasteiger partial charge is 0.261 e. The minimum Gasteiger partial charge on any atom is -0.394 e. The third kappa shape index (κ3) is 3.78. The summed E-state index contributed by atoms with van der Waals surface area (Å²) in [4.78, 5) is 12.7. The lowest BCUT2D eigenvalue weighted by Gasteiger charge is -2.05. The molecule has 0 bridgehead atoms. The topological polar surface area (TPSA) is 58.6 Å². The molecule has 0 saturated carbocycles. The number of thiophene rings is 1. The van der Waals surface area contributed by atoms with Crippen molar-refractivity contribution in [2.45, 2.75) is 13.3 Å². The van der Waals surface area contributed by atoms with E-state index in [9.17, 15) is 9.18 Å². The average molecular weight is 311 g/mol. The third-order valence-corrected chi connectivity index (χ3v) is 4.35. The van der Waals surface area contributed by atoms with Crippen LogP contribution in [0.1, 0.15) is 21.7 Å². The van der Waals surface area contributed by atoms with Gasteiger partial charge >= 0.3 is 0 Å². The monoisotopic (exact) mass is 311 g/mol. The van der Waals surface area contributed by atoms with Crippen molar-refractivity contribution in [1.82, 2.24) is 5.32 Å². The van der Waals surface area contributed by atoms with E-state index in [1.165, 1.54) is 17.4 Å². The minimum absolute atomic E-state index is 0.00109. The molecule has 2 rings (SSSR count). The van der Waals surface area contributed by atoms with Crippen LogP contribution in [0.5, 0.6) is 0 Å². The Morgan fingerprint density at radius 3 is 2.95 bits per heavy atom. The summed E-state index contributed by atoms with van der Waals surface area (Å²) >= 11 is 1.30. The molecule has 114 valence electrons. The Balaban J connectivity index is 1.97. The number of carbonyl (C=O) groups is 1. The number of hydrogen-bond acceptors (Lipinski definition) is 4. The molecule has 0 unspecified atom stereocenters. The zero-order chi connectivity index (χ0) is 15.2. The molecule has 0 radical (unpaired) electrons. The van der Waals surface area contributed by atoms with Crippen molar-refractivity contribution in [2.75, 3.05) is 26.4 Å². The van der Waals surface area contributed by atoms with E-state index in [2.05, 4.69) is 5.32 Å². The molecule has 0 aliphatic heterocycles. The van der Waals surface area contributed by atoms with Crippen LogP contribution in [0.4, 0.5) is 4.39 Å². The molecule has 21 heavy (non-hydrogen) atoms. The summed E-state index contributed by atoms with van der Waals surface area (Å²) in [7, 11) is 0. The zero-order valence-electron chi connectivity index (χ0n) is 11.8.